The maximum atomic E-state index is 9.07. The molecule has 4 nitrogen and oxygen atoms in total. The van der Waals surface area contributed by atoms with Crippen molar-refractivity contribution in [1.82, 2.24) is 15.2 Å². The van der Waals surface area contributed by atoms with Crippen molar-refractivity contribution in [3.63, 3.8) is 0 Å². The van der Waals surface area contributed by atoms with Crippen molar-refractivity contribution in [3.05, 3.63) is 30.1 Å². The van der Waals surface area contributed by atoms with Gasteiger partial charge in [-0.2, -0.15) is 5.26 Å². The van der Waals surface area contributed by atoms with E-state index in [1.165, 1.54) is 0 Å². The van der Waals surface area contributed by atoms with E-state index >= 15 is 0 Å². The number of nitrogens with one attached hydrogen (secondary N) is 1. The molecular weight excluding hydrogens is 248 g/mol. The van der Waals surface area contributed by atoms with Crippen LogP contribution >= 0.6 is 0 Å². The van der Waals surface area contributed by atoms with E-state index in [1.54, 1.807) is 0 Å². The fourth-order valence-electron chi connectivity index (χ4n) is 2.06. The van der Waals surface area contributed by atoms with Gasteiger partial charge >= 0.3 is 0 Å². The predicted molar refractivity (Wildman–Crippen MR) is 82.4 cm³/mol. The lowest BCUT2D eigenvalue weighted by atomic mass is 9.97. The normalized spacial score (nSPS) is 13.9. The van der Waals surface area contributed by atoms with Gasteiger partial charge in [0.2, 0.25) is 0 Å². The summed E-state index contributed by atoms with van der Waals surface area (Å²) in [7, 11) is 3.99. The van der Waals surface area contributed by atoms with Crippen molar-refractivity contribution in [1.29, 1.82) is 5.26 Å². The summed E-state index contributed by atoms with van der Waals surface area (Å²) in [4.78, 5) is 6.66. The fourth-order valence-corrected chi connectivity index (χ4v) is 2.06. The van der Waals surface area contributed by atoms with E-state index in [-0.39, 0.29) is 5.54 Å². The Morgan fingerprint density at radius 2 is 2.15 bits per heavy atom. The number of rotatable bonds is 9. The highest BCUT2D eigenvalue weighted by atomic mass is 15.1. The highest BCUT2D eigenvalue weighted by molar-refractivity contribution is 5.04. The SMILES string of the molecule is CNC(C)(C#N)CCCCN(C)CCc1ccccn1. The van der Waals surface area contributed by atoms with Gasteiger partial charge in [-0.1, -0.05) is 6.07 Å². The molecule has 0 saturated carbocycles. The Hall–Kier alpha value is -1.44. The molecule has 0 saturated heterocycles. The molecule has 110 valence electrons. The van der Waals surface area contributed by atoms with Crippen LogP contribution in [0.25, 0.3) is 0 Å². The van der Waals surface area contributed by atoms with Crippen LogP contribution in [0.4, 0.5) is 0 Å². The topological polar surface area (TPSA) is 52.0 Å². The molecule has 1 N–H and O–H groups in total. The van der Waals surface area contributed by atoms with Crippen molar-refractivity contribution in [2.45, 2.75) is 38.1 Å². The zero-order valence-electron chi connectivity index (χ0n) is 12.9. The lowest BCUT2D eigenvalue weighted by molar-refractivity contribution is 0.319. The first kappa shape index (κ1) is 16.6. The molecule has 1 heterocycles. The number of hydrogen-bond donors (Lipinski definition) is 1. The Morgan fingerprint density at radius 3 is 2.75 bits per heavy atom. The van der Waals surface area contributed by atoms with Crippen LogP contribution in [0.1, 0.15) is 31.9 Å². The summed E-state index contributed by atoms with van der Waals surface area (Å²) in [6.07, 6.45) is 5.92. The van der Waals surface area contributed by atoms with Crippen LogP contribution in [0.5, 0.6) is 0 Å². The molecule has 0 aromatic carbocycles. The first-order valence-electron chi connectivity index (χ1n) is 7.28. The third kappa shape index (κ3) is 6.14. The van der Waals surface area contributed by atoms with Crippen LogP contribution in [0.2, 0.25) is 0 Å². The van der Waals surface area contributed by atoms with E-state index in [1.807, 2.05) is 32.3 Å². The molecule has 0 spiro atoms. The van der Waals surface area contributed by atoms with E-state index in [4.69, 9.17) is 5.26 Å². The number of likely N-dealkylation sites (N-methyl/N-ethyl adjacent to an activating group) is 1. The van der Waals surface area contributed by atoms with Gasteiger partial charge in [0.1, 0.15) is 5.54 Å². The van der Waals surface area contributed by atoms with Gasteiger partial charge in [0.15, 0.2) is 0 Å². The largest absolute Gasteiger partial charge is 0.306 e. The summed E-state index contributed by atoms with van der Waals surface area (Å²) < 4.78 is 0. The number of nitrogens with zero attached hydrogens (tertiary/aromatic N) is 3. The summed E-state index contributed by atoms with van der Waals surface area (Å²) in [6, 6.07) is 8.37. The smallest absolute Gasteiger partial charge is 0.103 e. The van der Waals surface area contributed by atoms with Crippen molar-refractivity contribution >= 4 is 0 Å². The zero-order chi connectivity index (χ0) is 14.8. The van der Waals surface area contributed by atoms with E-state index in [9.17, 15) is 0 Å². The monoisotopic (exact) mass is 274 g/mol. The third-order valence-corrected chi connectivity index (χ3v) is 3.74. The minimum atomic E-state index is -0.382. The molecule has 0 amide bonds. The second kappa shape index (κ2) is 8.68. The second-order valence-corrected chi connectivity index (χ2v) is 5.53. The number of nitriles is 1. The van der Waals surface area contributed by atoms with Crippen LogP contribution in [0, 0.1) is 11.3 Å². The first-order valence-corrected chi connectivity index (χ1v) is 7.28. The molecule has 4 heteroatoms. The molecule has 0 bridgehead atoms. The van der Waals surface area contributed by atoms with Gasteiger partial charge in [0.25, 0.3) is 0 Å². The number of unbranched alkanes of at least 4 members (excludes halogenated alkanes) is 1. The molecule has 0 fully saturated rings. The number of aromatic nitrogens is 1. The van der Waals surface area contributed by atoms with Gasteiger partial charge in [0.05, 0.1) is 6.07 Å². The Labute approximate surface area is 122 Å². The minimum Gasteiger partial charge on any atom is -0.306 e. The summed E-state index contributed by atoms with van der Waals surface area (Å²) in [5.74, 6) is 0. The molecule has 0 radical (unpaired) electrons. The maximum Gasteiger partial charge on any atom is 0.103 e. The zero-order valence-corrected chi connectivity index (χ0v) is 12.9. The average molecular weight is 274 g/mol. The Balaban J connectivity index is 2.15. The van der Waals surface area contributed by atoms with E-state index in [0.717, 1.165) is 44.5 Å². The second-order valence-electron chi connectivity index (χ2n) is 5.53. The van der Waals surface area contributed by atoms with E-state index in [2.05, 4.69) is 34.4 Å². The van der Waals surface area contributed by atoms with Crippen molar-refractivity contribution in [2.75, 3.05) is 27.2 Å². The molecule has 1 aromatic rings. The van der Waals surface area contributed by atoms with Crippen LogP contribution in [0.15, 0.2) is 24.4 Å². The molecule has 0 aliphatic heterocycles. The summed E-state index contributed by atoms with van der Waals surface area (Å²) in [6.45, 7) is 4.05. The van der Waals surface area contributed by atoms with Crippen LogP contribution in [0.3, 0.4) is 0 Å². The molecule has 20 heavy (non-hydrogen) atoms. The van der Waals surface area contributed by atoms with E-state index < -0.39 is 0 Å². The van der Waals surface area contributed by atoms with Gasteiger partial charge in [0, 0.05) is 24.9 Å². The van der Waals surface area contributed by atoms with Gasteiger partial charge in [-0.3, -0.25) is 4.98 Å². The lowest BCUT2D eigenvalue weighted by Gasteiger charge is -2.21. The third-order valence-electron chi connectivity index (χ3n) is 3.74. The Kier molecular flexibility index (Phi) is 7.21. The van der Waals surface area contributed by atoms with Crippen molar-refractivity contribution in [3.8, 4) is 6.07 Å². The van der Waals surface area contributed by atoms with Gasteiger partial charge in [-0.15, -0.1) is 0 Å². The average Bonchev–Trinajstić information content (AvgIpc) is 2.50. The Bertz CT molecular complexity index is 412. The predicted octanol–water partition coefficient (Wildman–Crippen LogP) is 2.23. The fraction of sp³-hybridized carbons (Fsp3) is 0.625. The van der Waals surface area contributed by atoms with Gasteiger partial charge in [-0.25, -0.2) is 0 Å². The lowest BCUT2D eigenvalue weighted by Crippen LogP contribution is -2.38. The number of hydrogen-bond acceptors (Lipinski definition) is 4. The maximum absolute atomic E-state index is 9.07. The van der Waals surface area contributed by atoms with Crippen molar-refractivity contribution < 1.29 is 0 Å². The summed E-state index contributed by atoms with van der Waals surface area (Å²) >= 11 is 0. The van der Waals surface area contributed by atoms with Crippen LogP contribution in [-0.4, -0.2) is 42.6 Å². The molecule has 0 aliphatic rings. The van der Waals surface area contributed by atoms with Gasteiger partial charge in [-0.05, 0) is 59.0 Å². The molecule has 0 aliphatic carbocycles. The molecule has 1 atom stereocenters. The quantitative estimate of drug-likeness (QED) is 0.702. The summed E-state index contributed by atoms with van der Waals surface area (Å²) in [5, 5.41) is 12.2. The molecule has 1 aromatic heterocycles. The minimum absolute atomic E-state index is 0.382. The van der Waals surface area contributed by atoms with E-state index in [0.29, 0.717) is 0 Å². The standard InChI is InChI=1S/C16H26N4/c1-16(14-17,18-2)10-5-7-12-20(3)13-9-15-8-4-6-11-19-15/h4,6,8,11,18H,5,7,9-10,12-13H2,1-3H3. The first-order chi connectivity index (χ1) is 9.59. The molecular formula is C16H26N4. The highest BCUT2D eigenvalue weighted by Gasteiger charge is 2.19. The van der Waals surface area contributed by atoms with Crippen LogP contribution < -0.4 is 5.32 Å². The summed E-state index contributed by atoms with van der Waals surface area (Å²) in [5.41, 5.74) is 0.763. The Morgan fingerprint density at radius 1 is 1.35 bits per heavy atom. The molecule has 1 unspecified atom stereocenters. The van der Waals surface area contributed by atoms with Crippen molar-refractivity contribution in [2.24, 2.45) is 0 Å². The van der Waals surface area contributed by atoms with Crippen LogP contribution in [-0.2, 0) is 6.42 Å². The van der Waals surface area contributed by atoms with Gasteiger partial charge < -0.3 is 10.2 Å². The number of pyridine rings is 1. The molecule has 1 rings (SSSR count). The highest BCUT2D eigenvalue weighted by Crippen LogP contribution is 2.12.